The number of likely N-dealkylation sites (N-methyl/N-ethyl adjacent to an activating group) is 1. The van der Waals surface area contributed by atoms with Crippen LogP contribution in [-0.2, 0) is 4.79 Å². The minimum atomic E-state index is -0.409. The summed E-state index contributed by atoms with van der Waals surface area (Å²) in [5.74, 6) is -0.397. The first-order chi connectivity index (χ1) is 16.3. The van der Waals surface area contributed by atoms with Gasteiger partial charge in [0.05, 0.1) is 19.2 Å². The summed E-state index contributed by atoms with van der Waals surface area (Å²) in [4.78, 5) is 34.0. The SMILES string of the molecule is C[C@H](CO)N1C[C@H](C)[C@H](CN(C)C(=O)C2CCC2)Oc2ncc(-c3cccc(F)c3)cc2C1=O. The van der Waals surface area contributed by atoms with Crippen LogP contribution < -0.4 is 4.74 Å². The Morgan fingerprint density at radius 3 is 2.74 bits per heavy atom. The number of fused-ring (bicyclic) bond motifs is 1. The Labute approximate surface area is 199 Å². The molecule has 2 aliphatic rings. The highest BCUT2D eigenvalue weighted by Gasteiger charge is 2.36. The number of carbonyl (C=O) groups is 2. The smallest absolute Gasteiger partial charge is 0.259 e. The molecule has 34 heavy (non-hydrogen) atoms. The summed E-state index contributed by atoms with van der Waals surface area (Å²) >= 11 is 0. The first-order valence-corrected chi connectivity index (χ1v) is 11.9. The lowest BCUT2D eigenvalue weighted by molar-refractivity contribution is -0.138. The molecule has 1 aromatic heterocycles. The van der Waals surface area contributed by atoms with Crippen LogP contribution >= 0.6 is 0 Å². The summed E-state index contributed by atoms with van der Waals surface area (Å²) in [7, 11) is 1.79. The second kappa shape index (κ2) is 10.1. The van der Waals surface area contributed by atoms with E-state index in [-0.39, 0.29) is 53.6 Å². The summed E-state index contributed by atoms with van der Waals surface area (Å²) in [5.41, 5.74) is 1.45. The van der Waals surface area contributed by atoms with Crippen molar-refractivity contribution in [1.29, 1.82) is 0 Å². The molecular weight excluding hydrogens is 437 g/mol. The number of hydrogen-bond donors (Lipinski definition) is 1. The Morgan fingerprint density at radius 2 is 2.09 bits per heavy atom. The van der Waals surface area contributed by atoms with Gasteiger partial charge < -0.3 is 19.6 Å². The third-order valence-electron chi connectivity index (χ3n) is 6.96. The fraction of sp³-hybridized carbons (Fsp3) is 0.500. The van der Waals surface area contributed by atoms with E-state index in [9.17, 15) is 19.1 Å². The van der Waals surface area contributed by atoms with Crippen LogP contribution in [0.5, 0.6) is 5.88 Å². The molecule has 2 amide bonds. The van der Waals surface area contributed by atoms with Crippen molar-refractivity contribution in [3.8, 4) is 17.0 Å². The van der Waals surface area contributed by atoms with Gasteiger partial charge in [0, 0.05) is 37.2 Å². The van der Waals surface area contributed by atoms with Crippen LogP contribution in [0.4, 0.5) is 4.39 Å². The normalized spacial score (nSPS) is 21.6. The molecule has 1 saturated carbocycles. The zero-order valence-corrected chi connectivity index (χ0v) is 19.9. The molecular formula is C26H32FN3O4. The van der Waals surface area contributed by atoms with Gasteiger partial charge in [-0.2, -0.15) is 0 Å². The Balaban J connectivity index is 1.68. The lowest BCUT2D eigenvalue weighted by Crippen LogP contribution is -2.51. The van der Waals surface area contributed by atoms with Crippen molar-refractivity contribution in [3.63, 3.8) is 0 Å². The Hall–Kier alpha value is -3.00. The van der Waals surface area contributed by atoms with Gasteiger partial charge in [-0.3, -0.25) is 9.59 Å². The number of hydrogen-bond acceptors (Lipinski definition) is 5. The zero-order valence-electron chi connectivity index (χ0n) is 19.9. The van der Waals surface area contributed by atoms with Crippen LogP contribution in [0.2, 0.25) is 0 Å². The molecule has 0 radical (unpaired) electrons. The Bertz CT molecular complexity index is 1060. The van der Waals surface area contributed by atoms with Gasteiger partial charge in [0.25, 0.3) is 5.91 Å². The van der Waals surface area contributed by atoms with E-state index in [0.29, 0.717) is 24.2 Å². The van der Waals surface area contributed by atoms with E-state index in [1.807, 2.05) is 6.92 Å². The van der Waals surface area contributed by atoms with Gasteiger partial charge >= 0.3 is 0 Å². The minimum Gasteiger partial charge on any atom is -0.472 e. The molecule has 4 rings (SSSR count). The van der Waals surface area contributed by atoms with Crippen LogP contribution in [0.15, 0.2) is 36.5 Å². The van der Waals surface area contributed by atoms with Gasteiger partial charge in [0.15, 0.2) is 0 Å². The number of amides is 2. The fourth-order valence-electron chi connectivity index (χ4n) is 4.47. The van der Waals surface area contributed by atoms with E-state index in [0.717, 1.165) is 19.3 Å². The molecule has 2 heterocycles. The lowest BCUT2D eigenvalue weighted by Gasteiger charge is -2.38. The van der Waals surface area contributed by atoms with E-state index in [2.05, 4.69) is 4.98 Å². The minimum absolute atomic E-state index is 0.0839. The van der Waals surface area contributed by atoms with E-state index >= 15 is 0 Å². The molecule has 1 N–H and O–H groups in total. The second-order valence-electron chi connectivity index (χ2n) is 9.56. The third-order valence-corrected chi connectivity index (χ3v) is 6.96. The Morgan fingerprint density at radius 1 is 1.32 bits per heavy atom. The number of halogens is 1. The molecule has 0 spiro atoms. The quantitative estimate of drug-likeness (QED) is 0.702. The molecule has 1 aliphatic carbocycles. The first-order valence-electron chi connectivity index (χ1n) is 11.9. The summed E-state index contributed by atoms with van der Waals surface area (Å²) < 4.78 is 20.0. The van der Waals surface area contributed by atoms with Gasteiger partial charge in [0.2, 0.25) is 11.8 Å². The average molecular weight is 470 g/mol. The van der Waals surface area contributed by atoms with Crippen molar-refractivity contribution in [2.45, 2.75) is 45.3 Å². The van der Waals surface area contributed by atoms with Gasteiger partial charge in [-0.15, -0.1) is 0 Å². The first kappa shape index (κ1) is 24.1. The van der Waals surface area contributed by atoms with Crippen molar-refractivity contribution >= 4 is 11.8 Å². The zero-order chi connectivity index (χ0) is 24.4. The number of aliphatic hydroxyl groups is 1. The molecule has 0 unspecified atom stereocenters. The highest BCUT2D eigenvalue weighted by Crippen LogP contribution is 2.32. The standard InChI is InChI=1S/C26H32FN3O4/c1-16-13-30(17(2)15-31)26(33)22-11-20(19-8-5-9-21(27)10-19)12-28-24(22)34-23(16)14-29(3)25(32)18-6-4-7-18/h5,8-12,16-18,23,31H,4,6-7,13-15H2,1-3H3/t16-,17+,23-/m0/s1. The number of aliphatic hydroxyl groups excluding tert-OH is 1. The fourth-order valence-corrected chi connectivity index (χ4v) is 4.47. The number of carbonyl (C=O) groups excluding carboxylic acids is 2. The van der Waals surface area contributed by atoms with Gasteiger partial charge in [-0.05, 0) is 43.5 Å². The van der Waals surface area contributed by atoms with Gasteiger partial charge in [-0.1, -0.05) is 25.5 Å². The maximum Gasteiger partial charge on any atom is 0.259 e. The topological polar surface area (TPSA) is 83.0 Å². The van der Waals surface area contributed by atoms with Crippen LogP contribution in [0.25, 0.3) is 11.1 Å². The van der Waals surface area contributed by atoms with Crippen LogP contribution in [-0.4, -0.2) is 70.6 Å². The molecule has 8 heteroatoms. The highest BCUT2D eigenvalue weighted by atomic mass is 19.1. The largest absolute Gasteiger partial charge is 0.472 e. The van der Waals surface area contributed by atoms with Crippen LogP contribution in [0, 0.1) is 17.7 Å². The second-order valence-corrected chi connectivity index (χ2v) is 9.56. The van der Waals surface area contributed by atoms with Crippen molar-refractivity contribution in [1.82, 2.24) is 14.8 Å². The van der Waals surface area contributed by atoms with E-state index in [1.165, 1.54) is 12.1 Å². The van der Waals surface area contributed by atoms with Gasteiger partial charge in [-0.25, -0.2) is 9.37 Å². The van der Waals surface area contributed by atoms with Crippen molar-refractivity contribution in [2.75, 3.05) is 26.7 Å². The molecule has 1 aromatic carbocycles. The third kappa shape index (κ3) is 4.92. The molecule has 182 valence electrons. The summed E-state index contributed by atoms with van der Waals surface area (Å²) in [6.07, 6.45) is 4.11. The van der Waals surface area contributed by atoms with Crippen LogP contribution in [0.1, 0.15) is 43.5 Å². The molecule has 7 nitrogen and oxygen atoms in total. The number of rotatable bonds is 6. The maximum atomic E-state index is 13.8. The molecule has 0 bridgehead atoms. The average Bonchev–Trinajstić information content (AvgIpc) is 2.79. The Kier molecular flexibility index (Phi) is 7.16. The molecule has 2 aromatic rings. The van der Waals surface area contributed by atoms with E-state index in [4.69, 9.17) is 4.74 Å². The lowest BCUT2D eigenvalue weighted by atomic mass is 9.84. The summed E-state index contributed by atoms with van der Waals surface area (Å²) in [6.45, 7) is 4.32. The summed E-state index contributed by atoms with van der Waals surface area (Å²) in [6, 6.07) is 7.35. The maximum absolute atomic E-state index is 13.8. The molecule has 1 aliphatic heterocycles. The predicted octanol–water partition coefficient (Wildman–Crippen LogP) is 3.37. The van der Waals surface area contributed by atoms with Crippen LogP contribution in [0.3, 0.4) is 0 Å². The van der Waals surface area contributed by atoms with Crippen molar-refractivity contribution in [2.24, 2.45) is 11.8 Å². The monoisotopic (exact) mass is 469 g/mol. The van der Waals surface area contributed by atoms with E-state index in [1.54, 1.807) is 48.2 Å². The highest BCUT2D eigenvalue weighted by molar-refractivity contribution is 5.98. The summed E-state index contributed by atoms with van der Waals surface area (Å²) in [5, 5.41) is 9.81. The molecule has 3 atom stereocenters. The molecule has 1 fully saturated rings. The van der Waals surface area contributed by atoms with E-state index < -0.39 is 6.04 Å². The number of ether oxygens (including phenoxy) is 1. The van der Waals surface area contributed by atoms with Gasteiger partial charge in [0.1, 0.15) is 17.5 Å². The number of nitrogens with zero attached hydrogens (tertiary/aromatic N) is 3. The van der Waals surface area contributed by atoms with Crippen molar-refractivity contribution in [3.05, 3.63) is 47.9 Å². The number of benzene rings is 1. The molecule has 0 saturated heterocycles. The number of pyridine rings is 1. The van der Waals surface area contributed by atoms with Crippen molar-refractivity contribution < 1.29 is 23.8 Å². The predicted molar refractivity (Wildman–Crippen MR) is 126 cm³/mol. The number of aromatic nitrogens is 1.